The zero-order valence-corrected chi connectivity index (χ0v) is 12.9. The van der Waals surface area contributed by atoms with Crippen molar-refractivity contribution in [2.45, 2.75) is 44.0 Å². The Labute approximate surface area is 136 Å². The van der Waals surface area contributed by atoms with Crippen LogP contribution in [-0.2, 0) is 24.0 Å². The van der Waals surface area contributed by atoms with Gasteiger partial charge in [0.1, 0.15) is 12.1 Å². The molecule has 12 heteroatoms. The number of carbonyl (C=O) groups excluding carboxylic acids is 4. The third-order valence-electron chi connectivity index (χ3n) is 2.84. The molecule has 0 aromatic rings. The number of aliphatic hydroxyl groups is 1. The number of carbonyl (C=O) groups is 5. The second-order valence-corrected chi connectivity index (χ2v) is 5.07. The predicted octanol–water partition coefficient (Wildman–Crippen LogP) is -4.50. The van der Waals surface area contributed by atoms with Crippen LogP contribution in [0, 0.1) is 0 Å². The number of aliphatic carboxylic acids is 1. The van der Waals surface area contributed by atoms with E-state index in [-0.39, 0.29) is 0 Å². The molecule has 0 heterocycles. The molecule has 0 aromatic heterocycles. The molecule has 10 N–H and O–H groups in total. The summed E-state index contributed by atoms with van der Waals surface area (Å²) < 4.78 is 0. The van der Waals surface area contributed by atoms with Crippen molar-refractivity contribution in [1.82, 2.24) is 10.6 Å². The highest BCUT2D eigenvalue weighted by atomic mass is 16.4. The Morgan fingerprint density at radius 2 is 1.46 bits per heavy atom. The van der Waals surface area contributed by atoms with Gasteiger partial charge in [-0.2, -0.15) is 0 Å². The van der Waals surface area contributed by atoms with Gasteiger partial charge in [0, 0.05) is 0 Å². The van der Waals surface area contributed by atoms with Crippen LogP contribution in [0.15, 0.2) is 0 Å². The molecule has 0 radical (unpaired) electrons. The first-order valence-electron chi connectivity index (χ1n) is 6.79. The van der Waals surface area contributed by atoms with E-state index in [2.05, 4.69) is 5.32 Å². The van der Waals surface area contributed by atoms with Gasteiger partial charge in [0.2, 0.25) is 23.6 Å². The molecule has 0 fully saturated rings. The maximum atomic E-state index is 12.0. The van der Waals surface area contributed by atoms with E-state index in [4.69, 9.17) is 22.3 Å². The van der Waals surface area contributed by atoms with E-state index < -0.39 is 66.7 Å². The quantitative estimate of drug-likeness (QED) is 0.203. The Hall–Kier alpha value is -2.73. The van der Waals surface area contributed by atoms with Gasteiger partial charge in [0.05, 0.1) is 25.0 Å². The first-order valence-corrected chi connectivity index (χ1v) is 6.79. The van der Waals surface area contributed by atoms with Gasteiger partial charge in [-0.15, -0.1) is 0 Å². The molecule has 24 heavy (non-hydrogen) atoms. The van der Waals surface area contributed by atoms with E-state index in [9.17, 15) is 29.1 Å². The van der Waals surface area contributed by atoms with Crippen molar-refractivity contribution in [3.8, 4) is 0 Å². The van der Waals surface area contributed by atoms with Gasteiger partial charge in [-0.05, 0) is 6.92 Å². The van der Waals surface area contributed by atoms with Crippen molar-refractivity contribution >= 4 is 29.6 Å². The smallest absolute Gasteiger partial charge is 0.326 e. The van der Waals surface area contributed by atoms with Gasteiger partial charge >= 0.3 is 5.97 Å². The fraction of sp³-hybridized carbons (Fsp3) is 0.583. The molecule has 0 saturated carbocycles. The Morgan fingerprint density at radius 3 is 1.83 bits per heavy atom. The number of aliphatic hydroxyl groups excluding tert-OH is 1. The number of carboxylic acid groups (broad SMARTS) is 1. The fourth-order valence-corrected chi connectivity index (χ4v) is 1.64. The van der Waals surface area contributed by atoms with Crippen LogP contribution in [0.4, 0.5) is 0 Å². The van der Waals surface area contributed by atoms with Gasteiger partial charge < -0.3 is 38.0 Å². The number of hydrogen-bond acceptors (Lipinski definition) is 7. The molecule has 136 valence electrons. The lowest BCUT2D eigenvalue weighted by Crippen LogP contribution is -2.58. The Balaban J connectivity index is 5.00. The number of nitrogens with two attached hydrogens (primary N) is 3. The number of primary amides is 2. The normalized spacial score (nSPS) is 15.5. The zero-order valence-electron chi connectivity index (χ0n) is 12.9. The number of hydrogen-bond donors (Lipinski definition) is 7. The summed E-state index contributed by atoms with van der Waals surface area (Å²) in [7, 11) is 0. The SMILES string of the molecule is C[C@@H](O)[C@H](NC(=O)[C@@H](N)CC(N)=O)C(=O)N[C@@H](CC(N)=O)C(=O)O. The average Bonchev–Trinajstić information content (AvgIpc) is 2.41. The minimum Gasteiger partial charge on any atom is -0.480 e. The number of rotatable bonds is 10. The fourth-order valence-electron chi connectivity index (χ4n) is 1.64. The molecule has 0 bridgehead atoms. The van der Waals surface area contributed by atoms with Crippen LogP contribution in [0.2, 0.25) is 0 Å². The van der Waals surface area contributed by atoms with Gasteiger partial charge in [-0.3, -0.25) is 19.2 Å². The molecule has 0 spiro atoms. The number of amides is 4. The van der Waals surface area contributed by atoms with E-state index in [1.807, 2.05) is 5.32 Å². The molecule has 4 atom stereocenters. The highest BCUT2D eigenvalue weighted by molar-refractivity contribution is 5.94. The summed E-state index contributed by atoms with van der Waals surface area (Å²) in [6, 6.07) is -4.55. The maximum absolute atomic E-state index is 12.0. The largest absolute Gasteiger partial charge is 0.480 e. The van der Waals surface area contributed by atoms with Crippen LogP contribution in [0.3, 0.4) is 0 Å². The third-order valence-corrected chi connectivity index (χ3v) is 2.84. The van der Waals surface area contributed by atoms with Crippen molar-refractivity contribution < 1.29 is 34.2 Å². The lowest BCUT2D eigenvalue weighted by molar-refractivity contribution is -0.144. The molecule has 0 saturated heterocycles. The summed E-state index contributed by atoms with van der Waals surface area (Å²) in [4.78, 5) is 56.3. The van der Waals surface area contributed by atoms with Gasteiger partial charge in [-0.1, -0.05) is 0 Å². The molecular weight excluding hydrogens is 326 g/mol. The van der Waals surface area contributed by atoms with Crippen LogP contribution in [0.25, 0.3) is 0 Å². The summed E-state index contributed by atoms with van der Waals surface area (Å²) in [6.45, 7) is 1.16. The summed E-state index contributed by atoms with van der Waals surface area (Å²) in [5.41, 5.74) is 15.2. The minimum atomic E-state index is -1.63. The van der Waals surface area contributed by atoms with Crippen LogP contribution in [0.1, 0.15) is 19.8 Å². The lowest BCUT2D eigenvalue weighted by atomic mass is 10.1. The van der Waals surface area contributed by atoms with Crippen molar-refractivity contribution in [3.63, 3.8) is 0 Å². The average molecular weight is 347 g/mol. The van der Waals surface area contributed by atoms with E-state index >= 15 is 0 Å². The molecule has 0 rings (SSSR count). The monoisotopic (exact) mass is 347 g/mol. The molecule has 0 aliphatic rings. The van der Waals surface area contributed by atoms with E-state index in [0.29, 0.717) is 0 Å². The zero-order chi connectivity index (χ0) is 19.0. The molecule has 0 unspecified atom stereocenters. The Kier molecular flexibility index (Phi) is 8.35. The second-order valence-electron chi connectivity index (χ2n) is 5.07. The van der Waals surface area contributed by atoms with Crippen molar-refractivity contribution in [3.05, 3.63) is 0 Å². The van der Waals surface area contributed by atoms with Crippen LogP contribution < -0.4 is 27.8 Å². The molecular formula is C12H21N5O7. The number of carboxylic acids is 1. The van der Waals surface area contributed by atoms with E-state index in [0.717, 1.165) is 6.92 Å². The van der Waals surface area contributed by atoms with Gasteiger partial charge in [0.25, 0.3) is 0 Å². The highest BCUT2D eigenvalue weighted by Gasteiger charge is 2.31. The topological polar surface area (TPSA) is 228 Å². The molecule has 4 amide bonds. The number of nitrogens with one attached hydrogen (secondary N) is 2. The first kappa shape index (κ1) is 21.3. The summed E-state index contributed by atoms with van der Waals surface area (Å²) in [6.07, 6.45) is -2.58. The minimum absolute atomic E-state index is 0.487. The molecule has 0 aromatic carbocycles. The Morgan fingerprint density at radius 1 is 0.958 bits per heavy atom. The van der Waals surface area contributed by atoms with Crippen molar-refractivity contribution in [1.29, 1.82) is 0 Å². The maximum Gasteiger partial charge on any atom is 0.326 e. The first-order chi connectivity index (χ1) is 11.0. The second kappa shape index (κ2) is 9.42. The lowest BCUT2D eigenvalue weighted by Gasteiger charge is -2.24. The van der Waals surface area contributed by atoms with E-state index in [1.54, 1.807) is 0 Å². The molecule has 0 aliphatic carbocycles. The predicted molar refractivity (Wildman–Crippen MR) is 78.8 cm³/mol. The van der Waals surface area contributed by atoms with Crippen molar-refractivity contribution in [2.24, 2.45) is 17.2 Å². The van der Waals surface area contributed by atoms with E-state index in [1.165, 1.54) is 0 Å². The van der Waals surface area contributed by atoms with Gasteiger partial charge in [-0.25, -0.2) is 4.79 Å². The summed E-state index contributed by atoms with van der Waals surface area (Å²) in [5.74, 6) is -5.36. The summed E-state index contributed by atoms with van der Waals surface area (Å²) in [5, 5.41) is 22.5. The van der Waals surface area contributed by atoms with Crippen LogP contribution >= 0.6 is 0 Å². The van der Waals surface area contributed by atoms with Gasteiger partial charge in [0.15, 0.2) is 0 Å². The molecule has 0 aliphatic heterocycles. The molecule has 12 nitrogen and oxygen atoms in total. The standard InChI is InChI=1S/C12H21N5O7/c1-4(18)9(17-10(21)5(13)2-7(14)19)11(22)16-6(12(23)24)3-8(15)20/h4-6,9,18H,2-3,13H2,1H3,(H2,14,19)(H2,15,20)(H,16,22)(H,17,21)(H,23,24)/t4-,5+,6+,9+/m1/s1. The van der Waals surface area contributed by atoms with Crippen molar-refractivity contribution in [2.75, 3.05) is 0 Å². The third kappa shape index (κ3) is 7.51. The van der Waals surface area contributed by atoms with Crippen LogP contribution in [-0.4, -0.2) is 64.0 Å². The highest BCUT2D eigenvalue weighted by Crippen LogP contribution is 1.99. The summed E-state index contributed by atoms with van der Waals surface area (Å²) >= 11 is 0. The Bertz CT molecular complexity index is 522. The van der Waals surface area contributed by atoms with Crippen LogP contribution in [0.5, 0.6) is 0 Å².